The second kappa shape index (κ2) is 5.06. The van der Waals surface area contributed by atoms with Crippen molar-refractivity contribution in [1.82, 2.24) is 0 Å². The van der Waals surface area contributed by atoms with Crippen LogP contribution in [0.3, 0.4) is 0 Å². The van der Waals surface area contributed by atoms with Gasteiger partial charge in [-0.05, 0) is 36.8 Å². The molecule has 3 N–H and O–H groups in total. The Labute approximate surface area is 109 Å². The number of carbonyl (C=O) groups excluding carboxylic acids is 1. The maximum atomic E-state index is 13.4. The number of hydrogen-bond donors (Lipinski definition) is 2. The van der Waals surface area contributed by atoms with Crippen molar-refractivity contribution in [3.63, 3.8) is 0 Å². The van der Waals surface area contributed by atoms with Crippen LogP contribution < -0.4 is 11.1 Å². The number of nitrogens with two attached hydrogens (primary N) is 1. The average Bonchev–Trinajstić information content (AvgIpc) is 2.38. The zero-order valence-electron chi connectivity index (χ0n) is 10.2. The van der Waals surface area contributed by atoms with E-state index in [4.69, 9.17) is 5.73 Å². The average molecular weight is 262 g/mol. The number of nitrogen functional groups attached to an aromatic ring is 1. The number of hydrogen-bond acceptors (Lipinski definition) is 2. The van der Waals surface area contributed by atoms with Crippen molar-refractivity contribution in [2.24, 2.45) is 0 Å². The molecule has 5 heteroatoms. The highest BCUT2D eigenvalue weighted by Crippen LogP contribution is 2.19. The zero-order chi connectivity index (χ0) is 14.0. The van der Waals surface area contributed by atoms with Gasteiger partial charge >= 0.3 is 0 Å². The number of amides is 1. The first-order valence-corrected chi connectivity index (χ1v) is 5.60. The molecule has 0 bridgehead atoms. The van der Waals surface area contributed by atoms with Crippen molar-refractivity contribution in [1.29, 1.82) is 0 Å². The van der Waals surface area contributed by atoms with E-state index in [0.29, 0.717) is 16.8 Å². The van der Waals surface area contributed by atoms with Crippen LogP contribution in [-0.2, 0) is 0 Å². The van der Waals surface area contributed by atoms with E-state index >= 15 is 0 Å². The van der Waals surface area contributed by atoms with E-state index in [1.807, 2.05) is 0 Å². The van der Waals surface area contributed by atoms with Gasteiger partial charge in [0.05, 0.1) is 5.69 Å². The van der Waals surface area contributed by atoms with E-state index in [2.05, 4.69) is 5.32 Å². The van der Waals surface area contributed by atoms with E-state index in [-0.39, 0.29) is 5.69 Å². The van der Waals surface area contributed by atoms with Crippen molar-refractivity contribution in [2.75, 3.05) is 11.1 Å². The molecule has 0 saturated heterocycles. The fourth-order valence-corrected chi connectivity index (χ4v) is 1.67. The number of rotatable bonds is 2. The minimum atomic E-state index is -1.09. The van der Waals surface area contributed by atoms with Crippen molar-refractivity contribution >= 4 is 17.3 Å². The van der Waals surface area contributed by atoms with Gasteiger partial charge in [-0.15, -0.1) is 0 Å². The summed E-state index contributed by atoms with van der Waals surface area (Å²) < 4.78 is 26.5. The van der Waals surface area contributed by atoms with E-state index in [1.54, 1.807) is 19.1 Å². The van der Waals surface area contributed by atoms with Gasteiger partial charge in [0.1, 0.15) is 0 Å². The van der Waals surface area contributed by atoms with Gasteiger partial charge in [-0.2, -0.15) is 0 Å². The van der Waals surface area contributed by atoms with Crippen LogP contribution in [0, 0.1) is 18.6 Å². The van der Waals surface area contributed by atoms with Gasteiger partial charge in [0.25, 0.3) is 5.91 Å². The molecule has 0 saturated carbocycles. The Morgan fingerprint density at radius 3 is 2.68 bits per heavy atom. The standard InChI is InChI=1S/C14H12F2N2O/c1-8-5-6-9(17)7-10(8)14(19)18-12-4-2-3-11(15)13(12)16/h2-7H,17H2,1H3,(H,18,19). The summed E-state index contributed by atoms with van der Waals surface area (Å²) in [5, 5.41) is 2.33. The highest BCUT2D eigenvalue weighted by Gasteiger charge is 2.13. The van der Waals surface area contributed by atoms with Crippen molar-refractivity contribution in [3.05, 3.63) is 59.2 Å². The highest BCUT2D eigenvalue weighted by molar-refractivity contribution is 6.05. The van der Waals surface area contributed by atoms with Crippen LogP contribution in [0.2, 0.25) is 0 Å². The largest absolute Gasteiger partial charge is 0.399 e. The van der Waals surface area contributed by atoms with Crippen LogP contribution >= 0.6 is 0 Å². The number of anilines is 2. The third-order valence-electron chi connectivity index (χ3n) is 2.71. The maximum Gasteiger partial charge on any atom is 0.256 e. The van der Waals surface area contributed by atoms with Crippen molar-refractivity contribution < 1.29 is 13.6 Å². The molecule has 19 heavy (non-hydrogen) atoms. The first-order chi connectivity index (χ1) is 8.99. The van der Waals surface area contributed by atoms with Crippen LogP contribution in [0.25, 0.3) is 0 Å². The van der Waals surface area contributed by atoms with Crippen molar-refractivity contribution in [2.45, 2.75) is 6.92 Å². The SMILES string of the molecule is Cc1ccc(N)cc1C(=O)Nc1cccc(F)c1F. The molecule has 2 rings (SSSR count). The molecule has 0 aliphatic carbocycles. The lowest BCUT2D eigenvalue weighted by atomic mass is 10.1. The van der Waals surface area contributed by atoms with E-state index in [0.717, 1.165) is 6.07 Å². The summed E-state index contributed by atoms with van der Waals surface area (Å²) in [5.41, 5.74) is 6.84. The summed E-state index contributed by atoms with van der Waals surface area (Å²) in [4.78, 5) is 12.0. The summed E-state index contributed by atoms with van der Waals surface area (Å²) in [6, 6.07) is 8.43. The minimum absolute atomic E-state index is 0.202. The first-order valence-electron chi connectivity index (χ1n) is 5.60. The Morgan fingerprint density at radius 2 is 1.95 bits per heavy atom. The second-order valence-electron chi connectivity index (χ2n) is 4.13. The highest BCUT2D eigenvalue weighted by atomic mass is 19.2. The molecule has 0 heterocycles. The number of benzene rings is 2. The van der Waals surface area contributed by atoms with Crippen LogP contribution in [0.5, 0.6) is 0 Å². The van der Waals surface area contributed by atoms with Crippen LogP contribution in [0.4, 0.5) is 20.2 Å². The number of halogens is 2. The first kappa shape index (κ1) is 13.0. The molecule has 0 spiro atoms. The van der Waals surface area contributed by atoms with Crippen molar-refractivity contribution in [3.8, 4) is 0 Å². The smallest absolute Gasteiger partial charge is 0.256 e. The molecule has 2 aromatic carbocycles. The topological polar surface area (TPSA) is 55.1 Å². The minimum Gasteiger partial charge on any atom is -0.399 e. The molecule has 3 nitrogen and oxygen atoms in total. The van der Waals surface area contributed by atoms with Gasteiger partial charge < -0.3 is 11.1 Å². The molecule has 0 unspecified atom stereocenters. The zero-order valence-corrected chi connectivity index (χ0v) is 10.2. The summed E-state index contributed by atoms with van der Waals surface area (Å²) >= 11 is 0. The fourth-order valence-electron chi connectivity index (χ4n) is 1.67. The predicted molar refractivity (Wildman–Crippen MR) is 69.9 cm³/mol. The summed E-state index contributed by atoms with van der Waals surface area (Å²) in [6.45, 7) is 1.73. The molecule has 1 amide bonds. The fraction of sp³-hybridized carbons (Fsp3) is 0.0714. The second-order valence-corrected chi connectivity index (χ2v) is 4.13. The van der Waals surface area contributed by atoms with Gasteiger partial charge in [0.15, 0.2) is 11.6 Å². The lowest BCUT2D eigenvalue weighted by Gasteiger charge is -2.09. The third kappa shape index (κ3) is 2.70. The maximum absolute atomic E-state index is 13.4. The monoisotopic (exact) mass is 262 g/mol. The summed E-state index contributed by atoms with van der Waals surface area (Å²) in [5.74, 6) is -2.63. The van der Waals surface area contributed by atoms with E-state index in [9.17, 15) is 13.6 Å². The lowest BCUT2D eigenvalue weighted by Crippen LogP contribution is -2.15. The Balaban J connectivity index is 2.31. The summed E-state index contributed by atoms with van der Waals surface area (Å²) in [7, 11) is 0. The van der Waals surface area contributed by atoms with Gasteiger partial charge in [-0.3, -0.25) is 4.79 Å². The van der Waals surface area contributed by atoms with Crippen LogP contribution in [0.15, 0.2) is 36.4 Å². The van der Waals surface area contributed by atoms with Crippen LogP contribution in [-0.4, -0.2) is 5.91 Å². The molecular weight excluding hydrogens is 250 g/mol. The Bertz CT molecular complexity index is 641. The normalized spacial score (nSPS) is 10.3. The molecule has 0 radical (unpaired) electrons. The molecule has 0 fully saturated rings. The molecular formula is C14H12F2N2O. The molecule has 0 aliphatic heterocycles. The van der Waals surface area contributed by atoms with E-state index < -0.39 is 17.5 Å². The third-order valence-corrected chi connectivity index (χ3v) is 2.71. The number of nitrogens with one attached hydrogen (secondary N) is 1. The Hall–Kier alpha value is -2.43. The van der Waals surface area contributed by atoms with Crippen LogP contribution in [0.1, 0.15) is 15.9 Å². The molecule has 0 aromatic heterocycles. The Kier molecular flexibility index (Phi) is 3.46. The predicted octanol–water partition coefficient (Wildman–Crippen LogP) is 3.11. The molecule has 0 aliphatic rings. The van der Waals surface area contributed by atoms with Gasteiger partial charge in [-0.25, -0.2) is 8.78 Å². The number of carbonyl (C=O) groups is 1. The Morgan fingerprint density at radius 1 is 1.21 bits per heavy atom. The summed E-state index contributed by atoms with van der Waals surface area (Å²) in [6.07, 6.45) is 0. The lowest BCUT2D eigenvalue weighted by molar-refractivity contribution is 0.102. The van der Waals surface area contributed by atoms with E-state index in [1.165, 1.54) is 18.2 Å². The van der Waals surface area contributed by atoms with Gasteiger partial charge in [0, 0.05) is 11.3 Å². The van der Waals surface area contributed by atoms with Gasteiger partial charge in [0.2, 0.25) is 0 Å². The molecule has 0 atom stereocenters. The quantitative estimate of drug-likeness (QED) is 0.817. The number of aryl methyl sites for hydroxylation is 1. The van der Waals surface area contributed by atoms with Gasteiger partial charge in [-0.1, -0.05) is 12.1 Å². The molecule has 2 aromatic rings. The molecule has 98 valence electrons.